The van der Waals surface area contributed by atoms with Crippen LogP contribution >= 0.6 is 11.6 Å². The van der Waals surface area contributed by atoms with Gasteiger partial charge in [-0.1, -0.05) is 11.6 Å². The van der Waals surface area contributed by atoms with Gasteiger partial charge < -0.3 is 10.6 Å². The zero-order valence-electron chi connectivity index (χ0n) is 18.2. The SMILES string of the molecule is O=C1NC(c2cc(F)ccc2Cl)c2c(Nc3cc(C(F)(F)F)cc(C(F)(F)F)n3)cc(F)c3c2N1CC3. The van der Waals surface area contributed by atoms with Gasteiger partial charge in [-0.05, 0) is 42.8 Å². The molecular formula is C23H13ClF8N4O. The van der Waals surface area contributed by atoms with Crippen LogP contribution in [-0.4, -0.2) is 17.6 Å². The van der Waals surface area contributed by atoms with Gasteiger partial charge in [-0.3, -0.25) is 4.90 Å². The predicted molar refractivity (Wildman–Crippen MR) is 117 cm³/mol. The van der Waals surface area contributed by atoms with E-state index in [0.717, 1.165) is 18.2 Å². The molecule has 0 spiro atoms. The Morgan fingerprint density at radius 3 is 2.43 bits per heavy atom. The van der Waals surface area contributed by atoms with Crippen LogP contribution in [0.15, 0.2) is 36.4 Å². The maximum atomic E-state index is 15.0. The van der Waals surface area contributed by atoms with Gasteiger partial charge in [-0.2, -0.15) is 26.3 Å². The van der Waals surface area contributed by atoms with Gasteiger partial charge >= 0.3 is 18.4 Å². The highest BCUT2D eigenvalue weighted by Gasteiger charge is 2.42. The second-order valence-corrected chi connectivity index (χ2v) is 8.75. The second-order valence-electron chi connectivity index (χ2n) is 8.34. The molecule has 3 aromatic rings. The van der Waals surface area contributed by atoms with Crippen LogP contribution < -0.4 is 15.5 Å². The number of hydrogen-bond donors (Lipinski definition) is 2. The van der Waals surface area contributed by atoms with Crippen molar-refractivity contribution in [2.75, 3.05) is 16.8 Å². The van der Waals surface area contributed by atoms with Gasteiger partial charge in [0.2, 0.25) is 0 Å². The molecule has 194 valence electrons. The van der Waals surface area contributed by atoms with Crippen LogP contribution in [0.3, 0.4) is 0 Å². The zero-order chi connectivity index (χ0) is 26.9. The van der Waals surface area contributed by atoms with Gasteiger partial charge in [-0.25, -0.2) is 18.6 Å². The van der Waals surface area contributed by atoms with Crippen LogP contribution in [0.5, 0.6) is 0 Å². The molecular weight excluding hydrogens is 536 g/mol. The minimum atomic E-state index is -5.21. The summed E-state index contributed by atoms with van der Waals surface area (Å²) in [5.41, 5.74) is -3.43. The summed E-state index contributed by atoms with van der Waals surface area (Å²) in [6.07, 6.45) is -10.2. The number of pyridine rings is 1. The first-order chi connectivity index (χ1) is 17.2. The van der Waals surface area contributed by atoms with Crippen molar-refractivity contribution in [1.29, 1.82) is 0 Å². The van der Waals surface area contributed by atoms with Gasteiger partial charge in [0.1, 0.15) is 23.1 Å². The molecule has 2 N–H and O–H groups in total. The minimum absolute atomic E-state index is 0.0127. The molecule has 2 aliphatic heterocycles. The molecule has 1 aromatic heterocycles. The highest BCUT2D eigenvalue weighted by Crippen LogP contribution is 2.48. The third kappa shape index (κ3) is 4.41. The number of nitrogens with zero attached hydrogens (tertiary/aromatic N) is 2. The zero-order valence-corrected chi connectivity index (χ0v) is 18.9. The van der Waals surface area contributed by atoms with E-state index in [1.54, 1.807) is 0 Å². The molecule has 0 bridgehead atoms. The number of carbonyl (C=O) groups is 1. The van der Waals surface area contributed by atoms with E-state index in [0.29, 0.717) is 6.07 Å². The molecule has 14 heteroatoms. The third-order valence-corrected chi connectivity index (χ3v) is 6.37. The summed E-state index contributed by atoms with van der Waals surface area (Å²) in [5.74, 6) is -2.44. The van der Waals surface area contributed by atoms with Crippen molar-refractivity contribution in [2.24, 2.45) is 0 Å². The Morgan fingerprint density at radius 2 is 1.76 bits per heavy atom. The molecule has 37 heavy (non-hydrogen) atoms. The van der Waals surface area contributed by atoms with E-state index in [1.807, 2.05) is 0 Å². The fourth-order valence-corrected chi connectivity index (χ4v) is 4.69. The first kappa shape index (κ1) is 25.1. The molecule has 0 saturated heterocycles. The fourth-order valence-electron chi connectivity index (χ4n) is 4.46. The van der Waals surface area contributed by atoms with Gasteiger partial charge in [0.25, 0.3) is 0 Å². The van der Waals surface area contributed by atoms with Crippen molar-refractivity contribution in [1.82, 2.24) is 10.3 Å². The normalized spacial score (nSPS) is 17.1. The van der Waals surface area contributed by atoms with E-state index < -0.39 is 53.1 Å². The lowest BCUT2D eigenvalue weighted by Crippen LogP contribution is -2.46. The lowest BCUT2D eigenvalue weighted by Gasteiger charge is -2.35. The van der Waals surface area contributed by atoms with E-state index in [-0.39, 0.29) is 52.1 Å². The van der Waals surface area contributed by atoms with Gasteiger partial charge in [0.15, 0.2) is 0 Å². The number of alkyl halides is 6. The predicted octanol–water partition coefficient (Wildman–Crippen LogP) is 6.97. The van der Waals surface area contributed by atoms with Crippen molar-refractivity contribution in [3.8, 4) is 0 Å². The molecule has 0 saturated carbocycles. The number of carbonyl (C=O) groups excluding carboxylic acids is 1. The molecule has 1 atom stereocenters. The van der Waals surface area contributed by atoms with Crippen molar-refractivity contribution < 1.29 is 39.9 Å². The summed E-state index contributed by atoms with van der Waals surface area (Å²) in [6.45, 7) is 0.0676. The summed E-state index contributed by atoms with van der Waals surface area (Å²) in [5, 5.41) is 4.97. The molecule has 5 rings (SSSR count). The smallest absolute Gasteiger partial charge is 0.340 e. The Kier molecular flexibility index (Phi) is 5.73. The van der Waals surface area contributed by atoms with Crippen LogP contribution in [0.2, 0.25) is 5.02 Å². The number of nitrogens with one attached hydrogen (secondary N) is 2. The van der Waals surface area contributed by atoms with Crippen molar-refractivity contribution >= 4 is 34.8 Å². The number of benzene rings is 2. The molecule has 0 radical (unpaired) electrons. The van der Waals surface area contributed by atoms with E-state index in [9.17, 15) is 35.5 Å². The highest BCUT2D eigenvalue weighted by atomic mass is 35.5. The third-order valence-electron chi connectivity index (χ3n) is 6.02. The van der Waals surface area contributed by atoms with Crippen LogP contribution in [0, 0.1) is 11.6 Å². The monoisotopic (exact) mass is 548 g/mol. The number of anilines is 3. The molecule has 2 aromatic carbocycles. The number of halogens is 9. The molecule has 5 nitrogen and oxygen atoms in total. The van der Waals surface area contributed by atoms with E-state index in [4.69, 9.17) is 11.6 Å². The van der Waals surface area contributed by atoms with E-state index in [2.05, 4.69) is 15.6 Å². The number of aromatic nitrogens is 1. The first-order valence-electron chi connectivity index (χ1n) is 10.6. The maximum absolute atomic E-state index is 15.0. The fraction of sp³-hybridized carbons (Fsp3) is 0.217. The van der Waals surface area contributed by atoms with Crippen LogP contribution in [0.25, 0.3) is 0 Å². The van der Waals surface area contributed by atoms with Crippen LogP contribution in [0.4, 0.5) is 57.1 Å². The van der Waals surface area contributed by atoms with Crippen molar-refractivity contribution in [3.63, 3.8) is 0 Å². The van der Waals surface area contributed by atoms with E-state index >= 15 is 4.39 Å². The van der Waals surface area contributed by atoms with Gasteiger partial charge in [0, 0.05) is 28.3 Å². The summed E-state index contributed by atoms with van der Waals surface area (Å²) < 4.78 is 109. The van der Waals surface area contributed by atoms with Gasteiger partial charge in [-0.15, -0.1) is 0 Å². The minimum Gasteiger partial charge on any atom is -0.340 e. The maximum Gasteiger partial charge on any atom is 0.433 e. The lowest BCUT2D eigenvalue weighted by atomic mass is 9.91. The quantitative estimate of drug-likeness (QED) is 0.348. The Morgan fingerprint density at radius 1 is 1.03 bits per heavy atom. The first-order valence-corrected chi connectivity index (χ1v) is 10.9. The molecule has 2 aliphatic rings. The summed E-state index contributed by atoms with van der Waals surface area (Å²) in [7, 11) is 0. The summed E-state index contributed by atoms with van der Waals surface area (Å²) >= 11 is 6.23. The summed E-state index contributed by atoms with van der Waals surface area (Å²) in [4.78, 5) is 17.2. The van der Waals surface area contributed by atoms with Gasteiger partial charge in [0.05, 0.1) is 23.0 Å². The molecule has 1 unspecified atom stereocenters. The van der Waals surface area contributed by atoms with Crippen molar-refractivity contribution in [3.05, 3.63) is 81.0 Å². The standard InChI is InChI=1S/C23H13ClF8N4O/c24-13-2-1-10(25)7-12(13)19-18-15(8-14(26)11-3-4-36(20(11)18)21(37)35-19)33-17-6-9(22(27,28)29)5-16(34-17)23(30,31)32/h1-2,5-8,19H,3-4H2,(H,33,34)(H,35,37). The highest BCUT2D eigenvalue weighted by molar-refractivity contribution is 6.31. The molecule has 2 amide bonds. The number of rotatable bonds is 3. The molecule has 0 aliphatic carbocycles. The largest absolute Gasteiger partial charge is 0.433 e. The van der Waals surface area contributed by atoms with Crippen LogP contribution in [0.1, 0.15) is 34.0 Å². The lowest BCUT2D eigenvalue weighted by molar-refractivity contribution is -0.145. The van der Waals surface area contributed by atoms with Crippen LogP contribution in [-0.2, 0) is 18.8 Å². The molecule has 0 fully saturated rings. The topological polar surface area (TPSA) is 57.3 Å². The van der Waals surface area contributed by atoms with Crippen molar-refractivity contribution in [2.45, 2.75) is 24.8 Å². The number of urea groups is 1. The second kappa shape index (κ2) is 8.47. The Balaban J connectivity index is 1.72. The van der Waals surface area contributed by atoms with E-state index in [1.165, 1.54) is 11.0 Å². The summed E-state index contributed by atoms with van der Waals surface area (Å²) in [6, 6.07) is 2.49. The molecule has 3 heterocycles. The Hall–Kier alpha value is -3.61. The average molecular weight is 549 g/mol. The number of hydrogen-bond acceptors (Lipinski definition) is 3. The number of amides is 2. The Labute approximate surface area is 208 Å². The average Bonchev–Trinajstić information content (AvgIpc) is 3.25. The Bertz CT molecular complexity index is 1410.